The predicted octanol–water partition coefficient (Wildman–Crippen LogP) is 3.11. The SMILES string of the molecule is CCCC(C)C(=O)Nc1cc(Cl)ccn1. The Hall–Kier alpha value is -1.09. The quantitative estimate of drug-likeness (QED) is 0.857. The van der Waals surface area contributed by atoms with E-state index in [-0.39, 0.29) is 11.8 Å². The first-order chi connectivity index (χ1) is 7.13. The summed E-state index contributed by atoms with van der Waals surface area (Å²) in [6.45, 7) is 3.96. The highest BCUT2D eigenvalue weighted by Crippen LogP contribution is 2.13. The largest absolute Gasteiger partial charge is 0.310 e. The van der Waals surface area contributed by atoms with Crippen LogP contribution >= 0.6 is 11.6 Å². The van der Waals surface area contributed by atoms with E-state index in [0.29, 0.717) is 10.8 Å². The minimum Gasteiger partial charge on any atom is -0.310 e. The molecule has 0 aliphatic heterocycles. The molecular weight excluding hydrogens is 212 g/mol. The number of hydrogen-bond donors (Lipinski definition) is 1. The maximum atomic E-state index is 11.6. The first kappa shape index (κ1) is 12.0. The molecule has 1 aromatic heterocycles. The minimum atomic E-state index is -0.00776. The van der Waals surface area contributed by atoms with E-state index in [1.54, 1.807) is 18.3 Å². The lowest BCUT2D eigenvalue weighted by Crippen LogP contribution is -2.20. The Morgan fingerprint density at radius 1 is 1.67 bits per heavy atom. The summed E-state index contributed by atoms with van der Waals surface area (Å²) in [5, 5.41) is 3.31. The van der Waals surface area contributed by atoms with Crippen LogP contribution in [0.4, 0.5) is 5.82 Å². The van der Waals surface area contributed by atoms with E-state index >= 15 is 0 Å². The van der Waals surface area contributed by atoms with Crippen molar-refractivity contribution in [1.29, 1.82) is 0 Å². The van der Waals surface area contributed by atoms with Gasteiger partial charge in [-0.1, -0.05) is 31.9 Å². The summed E-state index contributed by atoms with van der Waals surface area (Å²) >= 11 is 5.78. The summed E-state index contributed by atoms with van der Waals surface area (Å²) in [4.78, 5) is 15.6. The topological polar surface area (TPSA) is 42.0 Å². The van der Waals surface area contributed by atoms with Crippen LogP contribution in [0.2, 0.25) is 5.02 Å². The van der Waals surface area contributed by atoms with Gasteiger partial charge in [0, 0.05) is 17.1 Å². The molecule has 0 fully saturated rings. The average molecular weight is 227 g/mol. The van der Waals surface area contributed by atoms with Gasteiger partial charge in [-0.3, -0.25) is 4.79 Å². The molecule has 1 rings (SSSR count). The zero-order valence-electron chi connectivity index (χ0n) is 8.96. The summed E-state index contributed by atoms with van der Waals surface area (Å²) in [5.74, 6) is 0.512. The molecule has 0 aliphatic carbocycles. The molecule has 1 atom stereocenters. The fraction of sp³-hybridized carbons (Fsp3) is 0.455. The number of carbonyl (C=O) groups excluding carboxylic acids is 1. The van der Waals surface area contributed by atoms with Crippen molar-refractivity contribution in [2.75, 3.05) is 5.32 Å². The van der Waals surface area contributed by atoms with Crippen molar-refractivity contribution in [1.82, 2.24) is 4.98 Å². The van der Waals surface area contributed by atoms with Gasteiger partial charge in [0.05, 0.1) is 0 Å². The van der Waals surface area contributed by atoms with Crippen molar-refractivity contribution in [3.05, 3.63) is 23.4 Å². The number of nitrogens with zero attached hydrogens (tertiary/aromatic N) is 1. The number of rotatable bonds is 4. The number of amides is 1. The van der Waals surface area contributed by atoms with Crippen molar-refractivity contribution in [2.45, 2.75) is 26.7 Å². The Morgan fingerprint density at radius 2 is 2.40 bits per heavy atom. The van der Waals surface area contributed by atoms with Crippen LogP contribution in [-0.4, -0.2) is 10.9 Å². The average Bonchev–Trinajstić information content (AvgIpc) is 2.18. The molecule has 0 radical (unpaired) electrons. The molecular formula is C11H15ClN2O. The van der Waals surface area contributed by atoms with Gasteiger partial charge < -0.3 is 5.32 Å². The van der Waals surface area contributed by atoms with Crippen molar-refractivity contribution in [2.24, 2.45) is 5.92 Å². The van der Waals surface area contributed by atoms with E-state index in [0.717, 1.165) is 12.8 Å². The molecule has 0 spiro atoms. The maximum absolute atomic E-state index is 11.6. The van der Waals surface area contributed by atoms with E-state index in [4.69, 9.17) is 11.6 Å². The van der Waals surface area contributed by atoms with Crippen molar-refractivity contribution < 1.29 is 4.79 Å². The van der Waals surface area contributed by atoms with Crippen LogP contribution in [0.5, 0.6) is 0 Å². The zero-order valence-corrected chi connectivity index (χ0v) is 9.71. The summed E-state index contributed by atoms with van der Waals surface area (Å²) in [6, 6.07) is 3.31. The molecule has 0 saturated carbocycles. The molecule has 0 bridgehead atoms. The fourth-order valence-corrected chi connectivity index (χ4v) is 1.45. The van der Waals surface area contributed by atoms with Crippen molar-refractivity contribution >= 4 is 23.3 Å². The summed E-state index contributed by atoms with van der Waals surface area (Å²) in [5.41, 5.74) is 0. The third kappa shape index (κ3) is 3.88. The van der Waals surface area contributed by atoms with Crippen LogP contribution < -0.4 is 5.32 Å². The minimum absolute atomic E-state index is 0.00776. The lowest BCUT2D eigenvalue weighted by Gasteiger charge is -2.10. The Kier molecular flexibility index (Phi) is 4.56. The third-order valence-electron chi connectivity index (χ3n) is 2.14. The second-order valence-electron chi connectivity index (χ2n) is 3.54. The molecule has 1 unspecified atom stereocenters. The number of anilines is 1. The smallest absolute Gasteiger partial charge is 0.228 e. The number of carbonyl (C=O) groups is 1. The number of pyridine rings is 1. The van der Waals surface area contributed by atoms with Gasteiger partial charge in [0.15, 0.2) is 0 Å². The Labute approximate surface area is 94.9 Å². The number of halogens is 1. The summed E-state index contributed by atoms with van der Waals surface area (Å²) in [6.07, 6.45) is 3.45. The molecule has 1 aromatic rings. The second kappa shape index (κ2) is 5.71. The fourth-order valence-electron chi connectivity index (χ4n) is 1.29. The van der Waals surface area contributed by atoms with E-state index < -0.39 is 0 Å². The predicted molar refractivity (Wildman–Crippen MR) is 61.9 cm³/mol. The Bertz CT molecular complexity index is 341. The van der Waals surface area contributed by atoms with Crippen LogP contribution in [0.25, 0.3) is 0 Å². The van der Waals surface area contributed by atoms with Gasteiger partial charge in [-0.15, -0.1) is 0 Å². The highest BCUT2D eigenvalue weighted by atomic mass is 35.5. The lowest BCUT2D eigenvalue weighted by molar-refractivity contribution is -0.119. The molecule has 1 N–H and O–H groups in total. The van der Waals surface area contributed by atoms with E-state index in [1.807, 2.05) is 6.92 Å². The molecule has 15 heavy (non-hydrogen) atoms. The highest BCUT2D eigenvalue weighted by Gasteiger charge is 2.12. The van der Waals surface area contributed by atoms with Gasteiger partial charge in [0.25, 0.3) is 0 Å². The molecule has 0 saturated heterocycles. The monoisotopic (exact) mass is 226 g/mol. The zero-order chi connectivity index (χ0) is 11.3. The number of hydrogen-bond acceptors (Lipinski definition) is 2. The molecule has 0 aromatic carbocycles. The van der Waals surface area contributed by atoms with E-state index in [9.17, 15) is 4.79 Å². The van der Waals surface area contributed by atoms with Crippen LogP contribution in [0.1, 0.15) is 26.7 Å². The summed E-state index contributed by atoms with van der Waals surface area (Å²) in [7, 11) is 0. The molecule has 1 heterocycles. The van der Waals surface area contributed by atoms with Gasteiger partial charge in [0.1, 0.15) is 5.82 Å². The Balaban J connectivity index is 2.58. The van der Waals surface area contributed by atoms with Gasteiger partial charge in [0.2, 0.25) is 5.91 Å². The highest BCUT2D eigenvalue weighted by molar-refractivity contribution is 6.30. The van der Waals surface area contributed by atoms with Crippen LogP contribution in [0, 0.1) is 5.92 Å². The Morgan fingerprint density at radius 3 is 3.00 bits per heavy atom. The van der Waals surface area contributed by atoms with Crippen LogP contribution in [0.15, 0.2) is 18.3 Å². The number of nitrogens with one attached hydrogen (secondary N) is 1. The molecule has 0 aliphatic rings. The molecule has 3 nitrogen and oxygen atoms in total. The van der Waals surface area contributed by atoms with Crippen LogP contribution in [-0.2, 0) is 4.79 Å². The second-order valence-corrected chi connectivity index (χ2v) is 3.97. The van der Waals surface area contributed by atoms with Gasteiger partial charge >= 0.3 is 0 Å². The van der Waals surface area contributed by atoms with Gasteiger partial charge in [-0.05, 0) is 18.6 Å². The first-order valence-corrected chi connectivity index (χ1v) is 5.43. The van der Waals surface area contributed by atoms with Gasteiger partial charge in [-0.25, -0.2) is 4.98 Å². The van der Waals surface area contributed by atoms with Crippen molar-refractivity contribution in [3.8, 4) is 0 Å². The molecule has 4 heteroatoms. The summed E-state index contributed by atoms with van der Waals surface area (Å²) < 4.78 is 0. The van der Waals surface area contributed by atoms with Crippen molar-refractivity contribution in [3.63, 3.8) is 0 Å². The molecule has 82 valence electrons. The molecule has 1 amide bonds. The third-order valence-corrected chi connectivity index (χ3v) is 2.38. The number of aromatic nitrogens is 1. The standard InChI is InChI=1S/C11H15ClN2O/c1-3-4-8(2)11(15)14-10-7-9(12)5-6-13-10/h5-8H,3-4H2,1-2H3,(H,13,14,15). The van der Waals surface area contributed by atoms with E-state index in [2.05, 4.69) is 17.2 Å². The van der Waals surface area contributed by atoms with E-state index in [1.165, 1.54) is 0 Å². The normalized spacial score (nSPS) is 12.2. The van der Waals surface area contributed by atoms with Gasteiger partial charge in [-0.2, -0.15) is 0 Å². The first-order valence-electron chi connectivity index (χ1n) is 5.06. The maximum Gasteiger partial charge on any atom is 0.228 e. The lowest BCUT2D eigenvalue weighted by atomic mass is 10.1. The van der Waals surface area contributed by atoms with Crippen LogP contribution in [0.3, 0.4) is 0 Å².